The second-order valence-corrected chi connectivity index (χ2v) is 3.72. The monoisotopic (exact) mass is 193 g/mol. The van der Waals surface area contributed by atoms with Gasteiger partial charge in [0.25, 0.3) is 0 Å². The Morgan fingerprint density at radius 2 is 2.25 bits per heavy atom. The van der Waals surface area contributed by atoms with E-state index >= 15 is 0 Å². The molecule has 0 spiro atoms. The lowest BCUT2D eigenvalue weighted by molar-refractivity contribution is -0.236. The molecule has 1 aliphatic rings. The Hall–Kier alpha value is -0.710. The van der Waals surface area contributed by atoms with Crippen LogP contribution < -0.4 is 5.32 Å². The molecule has 0 amide bonds. The van der Waals surface area contributed by atoms with Crippen LogP contribution in [0.2, 0.25) is 0 Å². The molecule has 0 aromatic rings. The first kappa shape index (κ1) is 9.38. The highest BCUT2D eigenvalue weighted by Gasteiger charge is 2.38. The van der Waals surface area contributed by atoms with Gasteiger partial charge in [0.2, 0.25) is 0 Å². The number of carbonyl (C=O) groups is 1. The third-order valence-electron chi connectivity index (χ3n) is 1.80. The number of hydrogen-bond acceptors (Lipinski definition) is 6. The van der Waals surface area contributed by atoms with Crippen LogP contribution in [-0.2, 0) is 18.8 Å². The Morgan fingerprint density at radius 3 is 2.75 bits per heavy atom. The van der Waals surface area contributed by atoms with Crippen LogP contribution >= 0.6 is 7.68 Å². The number of nitrogens with one attached hydrogen (secondary N) is 1. The topological polar surface area (TPSA) is 92.7 Å². The van der Waals surface area contributed by atoms with Gasteiger partial charge in [0.05, 0.1) is 5.66 Å². The molecule has 1 saturated heterocycles. The smallest absolute Gasteiger partial charge is 0.303 e. The van der Waals surface area contributed by atoms with Crippen molar-refractivity contribution >= 4 is 13.6 Å². The average Bonchev–Trinajstić information content (AvgIpc) is 2.50. The molecule has 1 rings (SSSR count). The van der Waals surface area contributed by atoms with E-state index in [1.165, 1.54) is 0 Å². The lowest BCUT2D eigenvalue weighted by Gasteiger charge is -2.07. The molecule has 0 aliphatic carbocycles. The molecule has 0 saturated carbocycles. The van der Waals surface area contributed by atoms with E-state index in [0.717, 1.165) is 0 Å². The van der Waals surface area contributed by atoms with Gasteiger partial charge in [-0.15, -0.1) is 0 Å². The van der Waals surface area contributed by atoms with Crippen LogP contribution in [0.4, 0.5) is 0 Å². The molecule has 0 aromatic heterocycles. The maximum atomic E-state index is 10.7. The summed E-state index contributed by atoms with van der Waals surface area (Å²) in [5.41, 5.74) is -0.764. The summed E-state index contributed by atoms with van der Waals surface area (Å²) in [6.45, 7) is 0.438. The van der Waals surface area contributed by atoms with Crippen molar-refractivity contribution in [2.24, 2.45) is 0 Å². The van der Waals surface area contributed by atoms with Crippen LogP contribution in [0, 0.1) is 0 Å². The van der Waals surface area contributed by atoms with Crippen LogP contribution in [-0.4, -0.2) is 29.5 Å². The molecule has 6 nitrogen and oxygen atoms in total. The Balaban J connectivity index is 2.70. The molecule has 2 atom stereocenters. The fourth-order valence-electron chi connectivity index (χ4n) is 1.21. The van der Waals surface area contributed by atoms with E-state index in [-0.39, 0.29) is 0 Å². The Bertz CT molecular complexity index is 242. The molecule has 7 heteroatoms. The van der Waals surface area contributed by atoms with Crippen molar-refractivity contribution in [1.82, 2.24) is 5.32 Å². The molecular weight excluding hydrogens is 185 g/mol. The molecule has 1 aliphatic heterocycles. The van der Waals surface area contributed by atoms with Gasteiger partial charge in [0.1, 0.15) is 6.04 Å². The van der Waals surface area contributed by atoms with Crippen LogP contribution in [0.1, 0.15) is 6.42 Å². The highest BCUT2D eigenvalue weighted by molar-refractivity contribution is 7.32. The molecular formula is C5H8NO5P. The van der Waals surface area contributed by atoms with Gasteiger partial charge in [-0.2, -0.15) is 5.26 Å². The minimum atomic E-state index is -2.65. The molecule has 0 bridgehead atoms. The van der Waals surface area contributed by atoms with E-state index in [9.17, 15) is 13.9 Å². The van der Waals surface area contributed by atoms with Crippen molar-refractivity contribution in [1.29, 1.82) is 0 Å². The lowest BCUT2D eigenvalue weighted by Crippen LogP contribution is -2.37. The predicted octanol–water partition coefficient (Wildman–Crippen LogP) is -0.0940. The van der Waals surface area contributed by atoms with Gasteiger partial charge in [-0.3, -0.25) is 4.89 Å². The van der Waals surface area contributed by atoms with Crippen molar-refractivity contribution in [3.63, 3.8) is 0 Å². The van der Waals surface area contributed by atoms with Crippen molar-refractivity contribution < 1.29 is 24.1 Å². The van der Waals surface area contributed by atoms with Gasteiger partial charge in [0, 0.05) is 0 Å². The molecule has 0 aromatic carbocycles. The second-order valence-electron chi connectivity index (χ2n) is 2.48. The van der Waals surface area contributed by atoms with Crippen molar-refractivity contribution in [3.05, 3.63) is 0 Å². The normalized spacial score (nSPS) is 28.4. The van der Waals surface area contributed by atoms with E-state index in [2.05, 4.69) is 10.2 Å². The maximum absolute atomic E-state index is 10.7. The van der Waals surface area contributed by atoms with Crippen LogP contribution in [0.5, 0.6) is 0 Å². The minimum Gasteiger partial charge on any atom is -0.303 e. The zero-order valence-electron chi connectivity index (χ0n) is 6.10. The van der Waals surface area contributed by atoms with Gasteiger partial charge >= 0.3 is 13.6 Å². The summed E-state index contributed by atoms with van der Waals surface area (Å²) < 4.78 is 21.1. The van der Waals surface area contributed by atoms with Gasteiger partial charge in [-0.25, -0.2) is 13.9 Å². The molecule has 1 unspecified atom stereocenters. The number of hydrogen-bond donors (Lipinski definition) is 2. The largest absolute Gasteiger partial charge is 0.359 e. The summed E-state index contributed by atoms with van der Waals surface area (Å²) in [7, 11) is -2.65. The van der Waals surface area contributed by atoms with E-state index in [4.69, 9.17) is 5.26 Å². The van der Waals surface area contributed by atoms with E-state index < -0.39 is 25.4 Å². The highest BCUT2D eigenvalue weighted by atomic mass is 31.1. The van der Waals surface area contributed by atoms with Gasteiger partial charge in [-0.05, 0) is 13.0 Å². The summed E-state index contributed by atoms with van der Waals surface area (Å²) >= 11 is 0. The number of carbonyl (C=O) groups excluding carboxylic acids is 1. The summed E-state index contributed by atoms with van der Waals surface area (Å²) in [6, 6.07) is -0.920. The standard InChI is InChI=1S/C5H8NO5P/c7-5(11-8)4-3(12(9)10)1-2-6-4/h3-4,6,8H,1-2H2/t3?,4-/m0/s1. The van der Waals surface area contributed by atoms with Crippen LogP contribution in [0.3, 0.4) is 0 Å². The van der Waals surface area contributed by atoms with E-state index in [1.807, 2.05) is 0 Å². The van der Waals surface area contributed by atoms with E-state index in [0.29, 0.717) is 13.0 Å². The van der Waals surface area contributed by atoms with Crippen molar-refractivity contribution in [3.8, 4) is 0 Å². The molecule has 2 N–H and O–H groups in total. The summed E-state index contributed by atoms with van der Waals surface area (Å²) in [6.07, 6.45) is 0.373. The highest BCUT2D eigenvalue weighted by Crippen LogP contribution is 2.26. The summed E-state index contributed by atoms with van der Waals surface area (Å²) in [4.78, 5) is 14.2. The SMILES string of the molecule is O=C(OO)[C@H]1NCCC1P(=O)=O. The first-order chi connectivity index (χ1) is 5.66. The first-order valence-corrected chi connectivity index (χ1v) is 4.63. The molecule has 12 heavy (non-hydrogen) atoms. The molecule has 0 radical (unpaired) electrons. The Labute approximate surface area is 68.7 Å². The summed E-state index contributed by atoms with van der Waals surface area (Å²) in [5.74, 6) is -0.947. The Kier molecular flexibility index (Phi) is 2.97. The minimum absolute atomic E-state index is 0.373. The quantitative estimate of drug-likeness (QED) is 0.361. The number of rotatable bonds is 2. The lowest BCUT2D eigenvalue weighted by atomic mass is 10.2. The molecule has 1 heterocycles. The van der Waals surface area contributed by atoms with Crippen molar-refractivity contribution in [2.45, 2.75) is 18.1 Å². The fourth-order valence-corrected chi connectivity index (χ4v) is 2.02. The van der Waals surface area contributed by atoms with Crippen LogP contribution in [0.25, 0.3) is 0 Å². The molecule has 1 fully saturated rings. The second kappa shape index (κ2) is 3.80. The zero-order valence-corrected chi connectivity index (χ0v) is 6.99. The maximum Gasteiger partial charge on any atom is 0.359 e. The average molecular weight is 193 g/mol. The Morgan fingerprint density at radius 1 is 1.58 bits per heavy atom. The molecule has 68 valence electrons. The van der Waals surface area contributed by atoms with Gasteiger partial charge in [0.15, 0.2) is 0 Å². The zero-order chi connectivity index (χ0) is 9.14. The third kappa shape index (κ3) is 1.72. The summed E-state index contributed by atoms with van der Waals surface area (Å²) in [5, 5.41) is 10.6. The van der Waals surface area contributed by atoms with Gasteiger partial charge in [-0.1, -0.05) is 0 Å². The first-order valence-electron chi connectivity index (χ1n) is 3.39. The third-order valence-corrected chi connectivity index (χ3v) is 2.90. The van der Waals surface area contributed by atoms with Crippen molar-refractivity contribution in [2.75, 3.05) is 6.54 Å². The van der Waals surface area contributed by atoms with Gasteiger partial charge < -0.3 is 5.32 Å². The van der Waals surface area contributed by atoms with E-state index in [1.54, 1.807) is 0 Å². The fraction of sp³-hybridized carbons (Fsp3) is 0.800. The predicted molar refractivity (Wildman–Crippen MR) is 37.2 cm³/mol. The van der Waals surface area contributed by atoms with Crippen LogP contribution in [0.15, 0.2) is 0 Å².